The van der Waals surface area contributed by atoms with Crippen LogP contribution in [0, 0.1) is 11.8 Å². The van der Waals surface area contributed by atoms with Gasteiger partial charge in [-0.1, -0.05) is 27.5 Å². The molecule has 29 heavy (non-hydrogen) atoms. The van der Waals surface area contributed by atoms with Gasteiger partial charge in [-0.2, -0.15) is 0 Å². The van der Waals surface area contributed by atoms with Crippen molar-refractivity contribution < 1.29 is 24.2 Å². The van der Waals surface area contributed by atoms with Crippen LogP contribution in [0.2, 0.25) is 5.02 Å². The van der Waals surface area contributed by atoms with E-state index in [1.165, 1.54) is 11.9 Å². The van der Waals surface area contributed by atoms with Crippen LogP contribution in [-0.2, 0) is 19.1 Å². The van der Waals surface area contributed by atoms with Gasteiger partial charge in [0.2, 0.25) is 17.7 Å². The van der Waals surface area contributed by atoms with Crippen LogP contribution < -0.4 is 10.6 Å². The lowest BCUT2D eigenvalue weighted by atomic mass is 9.70. The van der Waals surface area contributed by atoms with Gasteiger partial charge in [0.1, 0.15) is 11.6 Å². The van der Waals surface area contributed by atoms with Crippen molar-refractivity contribution in [2.45, 2.75) is 29.0 Å². The van der Waals surface area contributed by atoms with Gasteiger partial charge in [-0.05, 0) is 30.7 Å². The summed E-state index contributed by atoms with van der Waals surface area (Å²) in [6.45, 7) is -0.317. The molecule has 0 aliphatic carbocycles. The molecule has 2 bridgehead atoms. The minimum Gasteiger partial charge on any atom is -0.395 e. The highest BCUT2D eigenvalue weighted by atomic mass is 79.9. The molecule has 3 unspecified atom stereocenters. The summed E-state index contributed by atoms with van der Waals surface area (Å²) < 4.78 is 6.24. The lowest BCUT2D eigenvalue weighted by molar-refractivity contribution is -0.141. The average molecular weight is 487 g/mol. The van der Waals surface area contributed by atoms with E-state index < -0.39 is 35.5 Å². The molecule has 3 amide bonds. The Morgan fingerprint density at radius 3 is 2.66 bits per heavy atom. The highest BCUT2D eigenvalue weighted by molar-refractivity contribution is 9.09. The predicted octanol–water partition coefficient (Wildman–Crippen LogP) is 0.765. The topological polar surface area (TPSA) is 108 Å². The molecular weight excluding hydrogens is 466 g/mol. The SMILES string of the molecule is CNC(=O)[C@H]1[C@H]2C(=O)N(CCO)C(C(=O)Nc3ccc(Cl)cc3)C23CC(Br)[C@@H]1O3. The molecule has 1 spiro atoms. The lowest BCUT2D eigenvalue weighted by Gasteiger charge is -2.33. The number of rotatable bonds is 5. The molecule has 1 aromatic rings. The molecule has 3 aliphatic heterocycles. The molecule has 0 aromatic heterocycles. The van der Waals surface area contributed by atoms with Crippen molar-refractivity contribution in [3.05, 3.63) is 29.3 Å². The average Bonchev–Trinajstić information content (AvgIpc) is 3.27. The summed E-state index contributed by atoms with van der Waals surface area (Å²) in [4.78, 5) is 40.3. The van der Waals surface area contributed by atoms with Crippen molar-refractivity contribution in [2.24, 2.45) is 11.8 Å². The Balaban J connectivity index is 1.71. The van der Waals surface area contributed by atoms with E-state index >= 15 is 0 Å². The number of carbonyl (C=O) groups excluding carboxylic acids is 3. The Labute approximate surface area is 181 Å². The van der Waals surface area contributed by atoms with Crippen LogP contribution in [0.1, 0.15) is 6.42 Å². The smallest absolute Gasteiger partial charge is 0.250 e. The van der Waals surface area contributed by atoms with E-state index in [-0.39, 0.29) is 29.8 Å². The first-order valence-electron chi connectivity index (χ1n) is 9.35. The molecule has 1 aromatic carbocycles. The third kappa shape index (κ3) is 3.06. The zero-order chi connectivity index (χ0) is 20.9. The van der Waals surface area contributed by atoms with Crippen molar-refractivity contribution >= 4 is 50.9 Å². The molecular formula is C19H21BrClN3O5. The number of alkyl halides is 1. The number of fused-ring (bicyclic) bond motifs is 1. The van der Waals surface area contributed by atoms with Gasteiger partial charge in [0.05, 0.1) is 24.5 Å². The van der Waals surface area contributed by atoms with Crippen molar-refractivity contribution in [1.82, 2.24) is 10.2 Å². The Hall–Kier alpha value is -1.68. The lowest BCUT2D eigenvalue weighted by Crippen LogP contribution is -2.54. The van der Waals surface area contributed by atoms with Gasteiger partial charge in [-0.25, -0.2) is 0 Å². The number of ether oxygens (including phenoxy) is 1. The van der Waals surface area contributed by atoms with E-state index in [1.54, 1.807) is 24.3 Å². The number of anilines is 1. The summed E-state index contributed by atoms with van der Waals surface area (Å²) in [6.07, 6.45) is -0.0756. The van der Waals surface area contributed by atoms with E-state index in [9.17, 15) is 19.5 Å². The van der Waals surface area contributed by atoms with Crippen molar-refractivity contribution in [1.29, 1.82) is 0 Å². The summed E-state index contributed by atoms with van der Waals surface area (Å²) in [5.74, 6) is -2.52. The molecule has 3 fully saturated rings. The molecule has 3 saturated heterocycles. The summed E-state index contributed by atoms with van der Waals surface area (Å²) in [5, 5.41) is 15.5. The largest absolute Gasteiger partial charge is 0.395 e. The van der Waals surface area contributed by atoms with Gasteiger partial charge < -0.3 is 25.4 Å². The van der Waals surface area contributed by atoms with E-state index in [1.807, 2.05) is 0 Å². The number of likely N-dealkylation sites (tertiary alicyclic amines) is 1. The second kappa shape index (κ2) is 7.54. The van der Waals surface area contributed by atoms with Crippen LogP contribution in [0.3, 0.4) is 0 Å². The van der Waals surface area contributed by atoms with Crippen LogP contribution in [0.5, 0.6) is 0 Å². The van der Waals surface area contributed by atoms with Gasteiger partial charge in [-0.3, -0.25) is 14.4 Å². The second-order valence-electron chi connectivity index (χ2n) is 7.53. The van der Waals surface area contributed by atoms with Crippen molar-refractivity contribution in [3.8, 4) is 0 Å². The van der Waals surface area contributed by atoms with Gasteiger partial charge in [0, 0.05) is 29.1 Å². The fraction of sp³-hybridized carbons (Fsp3) is 0.526. The van der Waals surface area contributed by atoms with Gasteiger partial charge in [0.15, 0.2) is 0 Å². The maximum Gasteiger partial charge on any atom is 0.250 e. The molecule has 156 valence electrons. The number of nitrogens with one attached hydrogen (secondary N) is 2. The number of carbonyl (C=O) groups is 3. The molecule has 8 nitrogen and oxygen atoms in total. The molecule has 10 heteroatoms. The van der Waals surface area contributed by atoms with Crippen LogP contribution >= 0.6 is 27.5 Å². The maximum atomic E-state index is 13.3. The first-order chi connectivity index (χ1) is 13.8. The number of hydrogen-bond donors (Lipinski definition) is 3. The number of amides is 3. The fourth-order valence-electron chi connectivity index (χ4n) is 4.99. The van der Waals surface area contributed by atoms with E-state index in [0.29, 0.717) is 17.1 Å². The first kappa shape index (κ1) is 20.6. The number of aliphatic hydroxyl groups is 1. The molecule has 4 rings (SSSR count). The monoisotopic (exact) mass is 485 g/mol. The minimum absolute atomic E-state index is 0.0166. The number of β-amino-alcohol motifs (C(OH)–C–C–N with tert-alkyl or cyclic N) is 1. The van der Waals surface area contributed by atoms with E-state index in [2.05, 4.69) is 26.6 Å². The molecule has 0 saturated carbocycles. The normalized spacial score (nSPS) is 35.0. The fourth-order valence-corrected chi connectivity index (χ4v) is 6.06. The number of benzene rings is 1. The Bertz CT molecular complexity index is 853. The zero-order valence-corrected chi connectivity index (χ0v) is 17.9. The zero-order valence-electron chi connectivity index (χ0n) is 15.6. The molecule has 3 aliphatic rings. The summed E-state index contributed by atoms with van der Waals surface area (Å²) in [6, 6.07) is 5.67. The quantitative estimate of drug-likeness (QED) is 0.533. The van der Waals surface area contributed by atoms with Gasteiger partial charge in [0.25, 0.3) is 0 Å². The molecule has 0 radical (unpaired) electrons. The van der Waals surface area contributed by atoms with E-state index in [0.717, 1.165) is 0 Å². The third-order valence-corrected chi connectivity index (χ3v) is 7.14. The summed E-state index contributed by atoms with van der Waals surface area (Å²) >= 11 is 9.47. The standard InChI is InChI=1S/C19H21BrClN3O5/c1-22-16(26)12-13-18(28)24(6-7-25)15(19(13)8-11(20)14(12)29-19)17(27)23-10-4-2-9(21)3-5-10/h2-5,11-15,25H,6-8H2,1H3,(H,22,26)(H,23,27)/t11?,12-,13-,14-,15?,19?/m0/s1. The molecule has 3 heterocycles. The second-order valence-corrected chi connectivity index (χ2v) is 9.14. The van der Waals surface area contributed by atoms with Crippen molar-refractivity contribution in [3.63, 3.8) is 0 Å². The number of aliphatic hydroxyl groups excluding tert-OH is 1. The Kier molecular flexibility index (Phi) is 5.35. The molecule has 6 atom stereocenters. The highest BCUT2D eigenvalue weighted by Crippen LogP contribution is 2.59. The van der Waals surface area contributed by atoms with Crippen LogP contribution in [0.25, 0.3) is 0 Å². The summed E-state index contributed by atoms with van der Waals surface area (Å²) in [7, 11) is 1.51. The minimum atomic E-state index is -1.13. The Morgan fingerprint density at radius 2 is 2.03 bits per heavy atom. The maximum absolute atomic E-state index is 13.3. The predicted molar refractivity (Wildman–Crippen MR) is 109 cm³/mol. The van der Waals surface area contributed by atoms with E-state index in [4.69, 9.17) is 16.3 Å². The highest BCUT2D eigenvalue weighted by Gasteiger charge is 2.76. The molecule has 3 N–H and O–H groups in total. The number of nitrogens with zero attached hydrogens (tertiary/aromatic N) is 1. The Morgan fingerprint density at radius 1 is 1.34 bits per heavy atom. The number of halogens is 2. The third-order valence-electron chi connectivity index (χ3n) is 6.04. The van der Waals surface area contributed by atoms with Crippen LogP contribution in [0.15, 0.2) is 24.3 Å². The van der Waals surface area contributed by atoms with Gasteiger partial charge in [-0.15, -0.1) is 0 Å². The van der Waals surface area contributed by atoms with Crippen LogP contribution in [-0.4, -0.2) is 70.5 Å². The first-order valence-corrected chi connectivity index (χ1v) is 10.6. The number of hydrogen-bond acceptors (Lipinski definition) is 5. The van der Waals surface area contributed by atoms with Crippen LogP contribution in [0.4, 0.5) is 5.69 Å². The summed E-state index contributed by atoms with van der Waals surface area (Å²) in [5.41, 5.74) is -0.597. The van der Waals surface area contributed by atoms with Crippen molar-refractivity contribution in [2.75, 3.05) is 25.5 Å². The van der Waals surface area contributed by atoms with Gasteiger partial charge >= 0.3 is 0 Å².